The van der Waals surface area contributed by atoms with Crippen LogP contribution in [-0.4, -0.2) is 23.5 Å². The Morgan fingerprint density at radius 1 is 1.69 bits per heavy atom. The van der Waals surface area contributed by atoms with Crippen LogP contribution in [0, 0.1) is 5.92 Å². The normalized spacial score (nSPS) is 15.0. The summed E-state index contributed by atoms with van der Waals surface area (Å²) < 4.78 is 7.63. The van der Waals surface area contributed by atoms with E-state index in [9.17, 15) is 0 Å². The molecule has 3 nitrogen and oxygen atoms in total. The lowest BCUT2D eigenvalue weighted by molar-refractivity contribution is 0.186. The van der Waals surface area contributed by atoms with E-state index in [0.29, 0.717) is 0 Å². The molecule has 4 heteroatoms. The molecule has 0 atom stereocenters. The fraction of sp³-hybridized carbons (Fsp3) is 0.667. The van der Waals surface area contributed by atoms with Gasteiger partial charge in [0.15, 0.2) is 0 Å². The number of hydrogen-bond donors (Lipinski definition) is 0. The van der Waals surface area contributed by atoms with Crippen LogP contribution in [0.2, 0.25) is 0 Å². The summed E-state index contributed by atoms with van der Waals surface area (Å²) >= 11 is 3.25. The molecule has 0 spiro atoms. The van der Waals surface area contributed by atoms with Gasteiger partial charge in [0.05, 0.1) is 10.7 Å². The number of methoxy groups -OCH3 is 1. The van der Waals surface area contributed by atoms with Crippen molar-refractivity contribution >= 4 is 15.9 Å². The SMILES string of the molecule is COCC1CC1.Cn1cc(Br)cn1. The molecule has 1 saturated carbocycles. The zero-order chi connectivity index (χ0) is 9.68. The van der Waals surface area contributed by atoms with E-state index in [-0.39, 0.29) is 0 Å². The van der Waals surface area contributed by atoms with Gasteiger partial charge in [-0.2, -0.15) is 5.10 Å². The van der Waals surface area contributed by atoms with Gasteiger partial charge in [0.2, 0.25) is 0 Å². The molecule has 1 aromatic heterocycles. The van der Waals surface area contributed by atoms with Gasteiger partial charge in [0, 0.05) is 27.0 Å². The lowest BCUT2D eigenvalue weighted by Gasteiger charge is -1.87. The summed E-state index contributed by atoms with van der Waals surface area (Å²) in [5, 5.41) is 3.89. The van der Waals surface area contributed by atoms with Crippen molar-refractivity contribution in [2.75, 3.05) is 13.7 Å². The van der Waals surface area contributed by atoms with Crippen molar-refractivity contribution < 1.29 is 4.74 Å². The van der Waals surface area contributed by atoms with Crippen LogP contribution in [0.3, 0.4) is 0 Å². The van der Waals surface area contributed by atoms with Crippen molar-refractivity contribution in [3.8, 4) is 0 Å². The fourth-order valence-electron chi connectivity index (χ4n) is 0.912. The zero-order valence-corrected chi connectivity index (χ0v) is 9.62. The van der Waals surface area contributed by atoms with Gasteiger partial charge in [0.25, 0.3) is 0 Å². The maximum atomic E-state index is 4.87. The molecule has 1 aliphatic carbocycles. The molecule has 0 aliphatic heterocycles. The van der Waals surface area contributed by atoms with E-state index in [1.807, 2.05) is 13.2 Å². The monoisotopic (exact) mass is 246 g/mol. The van der Waals surface area contributed by atoms with Gasteiger partial charge in [-0.15, -0.1) is 0 Å². The van der Waals surface area contributed by atoms with E-state index in [4.69, 9.17) is 4.74 Å². The third kappa shape index (κ3) is 5.05. The lowest BCUT2D eigenvalue weighted by Crippen LogP contribution is -1.87. The molecule has 13 heavy (non-hydrogen) atoms. The Labute approximate surface area is 87.2 Å². The lowest BCUT2D eigenvalue weighted by atomic mass is 10.5. The Balaban J connectivity index is 0.000000132. The van der Waals surface area contributed by atoms with Gasteiger partial charge in [0.1, 0.15) is 0 Å². The van der Waals surface area contributed by atoms with Gasteiger partial charge >= 0.3 is 0 Å². The Bertz CT molecular complexity index is 229. The van der Waals surface area contributed by atoms with Gasteiger partial charge in [-0.1, -0.05) is 0 Å². The number of nitrogens with zero attached hydrogens (tertiary/aromatic N) is 2. The fourth-order valence-corrected chi connectivity index (χ4v) is 1.30. The van der Waals surface area contributed by atoms with Crippen LogP contribution in [0.15, 0.2) is 16.9 Å². The first-order valence-electron chi connectivity index (χ1n) is 4.35. The highest BCUT2D eigenvalue weighted by Gasteiger charge is 2.19. The molecular weight excluding hydrogens is 232 g/mol. The standard InChI is InChI=1S/C5H10O.C4H5BrN2/c1-6-4-5-2-3-5;1-7-3-4(5)2-6-7/h5H,2-4H2,1H3;2-3H,1H3. The highest BCUT2D eigenvalue weighted by molar-refractivity contribution is 9.10. The Kier molecular flexibility index (Phi) is 4.45. The summed E-state index contributed by atoms with van der Waals surface area (Å²) in [6.45, 7) is 0.986. The first-order chi connectivity index (χ1) is 6.22. The Hall–Kier alpha value is -0.350. The second-order valence-electron chi connectivity index (χ2n) is 3.23. The average molecular weight is 247 g/mol. The van der Waals surface area contributed by atoms with Gasteiger partial charge in [-0.3, -0.25) is 4.68 Å². The summed E-state index contributed by atoms with van der Waals surface area (Å²) in [5.74, 6) is 0.926. The molecule has 1 aromatic rings. The second kappa shape index (κ2) is 5.40. The molecule has 0 amide bonds. The van der Waals surface area contributed by atoms with Crippen LogP contribution >= 0.6 is 15.9 Å². The number of halogens is 1. The maximum Gasteiger partial charge on any atom is 0.0632 e. The third-order valence-corrected chi connectivity index (χ3v) is 2.18. The largest absolute Gasteiger partial charge is 0.384 e. The highest BCUT2D eigenvalue weighted by Crippen LogP contribution is 2.28. The number of aryl methyl sites for hydroxylation is 1. The van der Waals surface area contributed by atoms with Crippen LogP contribution in [0.25, 0.3) is 0 Å². The molecule has 74 valence electrons. The van der Waals surface area contributed by atoms with Crippen LogP contribution in [-0.2, 0) is 11.8 Å². The molecule has 0 saturated heterocycles. The second-order valence-corrected chi connectivity index (χ2v) is 4.15. The number of hydrogen-bond acceptors (Lipinski definition) is 2. The molecule has 0 aromatic carbocycles. The summed E-state index contributed by atoms with van der Waals surface area (Å²) in [6, 6.07) is 0. The van der Waals surface area contributed by atoms with E-state index in [0.717, 1.165) is 17.0 Å². The van der Waals surface area contributed by atoms with Crippen molar-refractivity contribution in [3.05, 3.63) is 16.9 Å². The van der Waals surface area contributed by atoms with Gasteiger partial charge in [-0.25, -0.2) is 0 Å². The van der Waals surface area contributed by atoms with Gasteiger partial charge < -0.3 is 4.74 Å². The summed E-state index contributed by atoms with van der Waals surface area (Å²) in [5.41, 5.74) is 0. The Morgan fingerprint density at radius 2 is 2.38 bits per heavy atom. The summed E-state index contributed by atoms with van der Waals surface area (Å²) in [6.07, 6.45) is 6.43. The number of rotatable bonds is 2. The van der Waals surface area contributed by atoms with Crippen molar-refractivity contribution in [1.29, 1.82) is 0 Å². The molecule has 1 aliphatic rings. The van der Waals surface area contributed by atoms with Crippen molar-refractivity contribution in [1.82, 2.24) is 9.78 Å². The quantitative estimate of drug-likeness (QED) is 0.801. The van der Waals surface area contributed by atoms with E-state index in [1.54, 1.807) is 18.0 Å². The van der Waals surface area contributed by atoms with Crippen molar-refractivity contribution in [2.24, 2.45) is 13.0 Å². The topological polar surface area (TPSA) is 27.1 Å². The first-order valence-corrected chi connectivity index (χ1v) is 5.14. The molecule has 1 heterocycles. The van der Waals surface area contributed by atoms with Crippen LogP contribution < -0.4 is 0 Å². The van der Waals surface area contributed by atoms with Crippen LogP contribution in [0.4, 0.5) is 0 Å². The molecule has 0 N–H and O–H groups in total. The minimum atomic E-state index is 0.926. The average Bonchev–Trinajstić information content (AvgIpc) is 2.80. The molecular formula is C9H15BrN2O. The molecule has 2 rings (SSSR count). The van der Waals surface area contributed by atoms with Gasteiger partial charge in [-0.05, 0) is 34.7 Å². The van der Waals surface area contributed by atoms with E-state index in [1.165, 1.54) is 12.8 Å². The van der Waals surface area contributed by atoms with Crippen LogP contribution in [0.5, 0.6) is 0 Å². The van der Waals surface area contributed by atoms with Crippen molar-refractivity contribution in [2.45, 2.75) is 12.8 Å². The summed E-state index contributed by atoms with van der Waals surface area (Å²) in [4.78, 5) is 0. The Morgan fingerprint density at radius 3 is 2.54 bits per heavy atom. The summed E-state index contributed by atoms with van der Waals surface area (Å²) in [7, 11) is 3.64. The molecule has 1 fully saturated rings. The minimum Gasteiger partial charge on any atom is -0.384 e. The predicted octanol–water partition coefficient (Wildman–Crippen LogP) is 2.23. The first kappa shape index (κ1) is 10.7. The van der Waals surface area contributed by atoms with E-state index < -0.39 is 0 Å². The number of ether oxygens (including phenoxy) is 1. The molecule has 0 unspecified atom stereocenters. The molecule has 0 radical (unpaired) electrons. The third-order valence-electron chi connectivity index (χ3n) is 1.77. The molecule has 0 bridgehead atoms. The highest BCUT2D eigenvalue weighted by atomic mass is 79.9. The maximum absolute atomic E-state index is 4.87. The van der Waals surface area contributed by atoms with E-state index in [2.05, 4.69) is 21.0 Å². The van der Waals surface area contributed by atoms with E-state index >= 15 is 0 Å². The minimum absolute atomic E-state index is 0.926. The van der Waals surface area contributed by atoms with Crippen molar-refractivity contribution in [3.63, 3.8) is 0 Å². The zero-order valence-electron chi connectivity index (χ0n) is 8.03. The smallest absolute Gasteiger partial charge is 0.0632 e. The predicted molar refractivity (Wildman–Crippen MR) is 55.5 cm³/mol. The number of aromatic nitrogens is 2. The van der Waals surface area contributed by atoms with Crippen LogP contribution in [0.1, 0.15) is 12.8 Å².